The molecule has 1 aliphatic rings. The highest BCUT2D eigenvalue weighted by molar-refractivity contribution is 14.1. The number of hydrogen-bond donors (Lipinski definition) is 1. The fraction of sp³-hybridized carbons (Fsp3) is 0.571. The number of alkyl halides is 1. The van der Waals surface area contributed by atoms with Crippen molar-refractivity contribution in [2.45, 2.75) is 18.9 Å². The van der Waals surface area contributed by atoms with Crippen molar-refractivity contribution in [3.8, 4) is 0 Å². The standard InChI is InChI=1S/C7H9IO2/c8-4-5-2-1-3-6(9)7(5)10/h2,7,10H,1,3-4H2/t7-/m1/s1. The van der Waals surface area contributed by atoms with Gasteiger partial charge in [0.15, 0.2) is 5.78 Å². The van der Waals surface area contributed by atoms with Crippen molar-refractivity contribution < 1.29 is 9.90 Å². The normalized spacial score (nSPS) is 26.4. The summed E-state index contributed by atoms with van der Waals surface area (Å²) < 4.78 is 0.755. The number of Topliss-reactive ketones (excluding diaryl/α,β-unsaturated/α-hetero) is 1. The average molecular weight is 252 g/mol. The maximum atomic E-state index is 10.9. The van der Waals surface area contributed by atoms with E-state index in [9.17, 15) is 9.90 Å². The van der Waals surface area contributed by atoms with Crippen LogP contribution in [0.25, 0.3) is 0 Å². The molecule has 0 saturated carbocycles. The van der Waals surface area contributed by atoms with Crippen LogP contribution in [-0.2, 0) is 4.79 Å². The Morgan fingerprint density at radius 3 is 3.00 bits per heavy atom. The number of carbonyl (C=O) groups is 1. The fourth-order valence-corrected chi connectivity index (χ4v) is 1.71. The Bertz CT molecular complexity index is 174. The first-order valence-corrected chi connectivity index (χ1v) is 4.74. The van der Waals surface area contributed by atoms with Crippen molar-refractivity contribution in [2.24, 2.45) is 0 Å². The van der Waals surface area contributed by atoms with Crippen molar-refractivity contribution in [2.75, 3.05) is 4.43 Å². The largest absolute Gasteiger partial charge is 0.381 e. The second-order valence-corrected chi connectivity index (χ2v) is 3.08. The van der Waals surface area contributed by atoms with Gasteiger partial charge >= 0.3 is 0 Å². The third-order valence-corrected chi connectivity index (χ3v) is 2.49. The van der Waals surface area contributed by atoms with Crippen LogP contribution in [0.5, 0.6) is 0 Å². The molecule has 56 valence electrons. The van der Waals surface area contributed by atoms with Crippen molar-refractivity contribution in [1.82, 2.24) is 0 Å². The van der Waals surface area contributed by atoms with Crippen molar-refractivity contribution in [3.05, 3.63) is 11.6 Å². The van der Waals surface area contributed by atoms with Crippen LogP contribution in [0.15, 0.2) is 11.6 Å². The molecule has 1 aliphatic carbocycles. The zero-order valence-corrected chi connectivity index (χ0v) is 7.67. The average Bonchev–Trinajstić information content (AvgIpc) is 1.95. The Kier molecular flexibility index (Phi) is 2.85. The molecule has 0 aromatic carbocycles. The first kappa shape index (κ1) is 8.20. The fourth-order valence-electron chi connectivity index (χ4n) is 0.983. The molecule has 0 aromatic rings. The third kappa shape index (κ3) is 1.58. The molecule has 0 heterocycles. The molecule has 0 aromatic heterocycles. The minimum atomic E-state index is -0.800. The minimum Gasteiger partial charge on any atom is -0.381 e. The number of allylic oxidation sites excluding steroid dienone is 1. The molecule has 1 atom stereocenters. The Labute approximate surface area is 73.5 Å². The number of rotatable bonds is 1. The maximum Gasteiger partial charge on any atom is 0.165 e. The Balaban J connectivity index is 2.71. The molecule has 2 nitrogen and oxygen atoms in total. The molecule has 0 radical (unpaired) electrons. The minimum absolute atomic E-state index is 0.0332. The van der Waals surface area contributed by atoms with Crippen LogP contribution in [-0.4, -0.2) is 21.4 Å². The van der Waals surface area contributed by atoms with Gasteiger partial charge in [-0.15, -0.1) is 0 Å². The van der Waals surface area contributed by atoms with E-state index in [2.05, 4.69) is 22.6 Å². The molecule has 0 saturated heterocycles. The summed E-state index contributed by atoms with van der Waals surface area (Å²) in [6.07, 6.45) is 2.46. The molecular formula is C7H9IO2. The summed E-state index contributed by atoms with van der Waals surface area (Å²) in [7, 11) is 0. The Morgan fingerprint density at radius 1 is 1.80 bits per heavy atom. The topological polar surface area (TPSA) is 37.3 Å². The van der Waals surface area contributed by atoms with Gasteiger partial charge in [-0.3, -0.25) is 4.79 Å². The molecule has 0 bridgehead atoms. The highest BCUT2D eigenvalue weighted by Gasteiger charge is 2.21. The Hall–Kier alpha value is 0.1000. The molecule has 0 aliphatic heterocycles. The summed E-state index contributed by atoms with van der Waals surface area (Å²) in [4.78, 5) is 10.9. The van der Waals surface area contributed by atoms with E-state index < -0.39 is 6.10 Å². The monoisotopic (exact) mass is 252 g/mol. The number of hydrogen-bond acceptors (Lipinski definition) is 2. The van der Waals surface area contributed by atoms with Crippen LogP contribution < -0.4 is 0 Å². The van der Waals surface area contributed by atoms with Crippen LogP contribution in [0.4, 0.5) is 0 Å². The molecule has 0 amide bonds. The van der Waals surface area contributed by atoms with E-state index in [4.69, 9.17) is 0 Å². The van der Waals surface area contributed by atoms with Crippen LogP contribution in [0, 0.1) is 0 Å². The summed E-state index contributed by atoms with van der Waals surface area (Å²) in [5.74, 6) is -0.0332. The Morgan fingerprint density at radius 2 is 2.50 bits per heavy atom. The van der Waals surface area contributed by atoms with Crippen LogP contribution >= 0.6 is 22.6 Å². The first-order valence-electron chi connectivity index (χ1n) is 3.21. The number of halogens is 1. The van der Waals surface area contributed by atoms with Crippen molar-refractivity contribution in [3.63, 3.8) is 0 Å². The van der Waals surface area contributed by atoms with Crippen molar-refractivity contribution in [1.29, 1.82) is 0 Å². The lowest BCUT2D eigenvalue weighted by Crippen LogP contribution is -2.26. The molecule has 0 unspecified atom stereocenters. The summed E-state index contributed by atoms with van der Waals surface area (Å²) in [5, 5.41) is 9.21. The maximum absolute atomic E-state index is 10.9. The first-order chi connectivity index (χ1) is 4.75. The molecule has 1 rings (SSSR count). The SMILES string of the molecule is O=C1CCC=C(CI)[C@H]1O. The van der Waals surface area contributed by atoms with Gasteiger partial charge in [0, 0.05) is 10.8 Å². The van der Waals surface area contributed by atoms with Gasteiger partial charge in [0.05, 0.1) is 0 Å². The summed E-state index contributed by atoms with van der Waals surface area (Å²) >= 11 is 2.15. The predicted octanol–water partition coefficient (Wildman–Crippen LogP) is 1.07. The third-order valence-electron chi connectivity index (χ3n) is 1.61. The lowest BCUT2D eigenvalue weighted by molar-refractivity contribution is -0.125. The number of carbonyl (C=O) groups excluding carboxylic acids is 1. The lowest BCUT2D eigenvalue weighted by atomic mass is 9.97. The molecule has 0 spiro atoms. The zero-order valence-electron chi connectivity index (χ0n) is 5.51. The van der Waals surface area contributed by atoms with Gasteiger partial charge in [-0.1, -0.05) is 28.7 Å². The van der Waals surface area contributed by atoms with Gasteiger partial charge < -0.3 is 5.11 Å². The van der Waals surface area contributed by atoms with E-state index in [0.717, 1.165) is 16.4 Å². The molecule has 0 fully saturated rings. The van der Waals surface area contributed by atoms with Crippen molar-refractivity contribution >= 4 is 28.4 Å². The zero-order chi connectivity index (χ0) is 7.56. The van der Waals surface area contributed by atoms with E-state index >= 15 is 0 Å². The quantitative estimate of drug-likeness (QED) is 0.430. The van der Waals surface area contributed by atoms with Gasteiger partial charge in [0.25, 0.3) is 0 Å². The second kappa shape index (κ2) is 3.48. The number of aliphatic hydroxyl groups is 1. The number of ketones is 1. The highest BCUT2D eigenvalue weighted by Crippen LogP contribution is 2.16. The summed E-state index contributed by atoms with van der Waals surface area (Å²) in [6.45, 7) is 0. The molecular weight excluding hydrogens is 243 g/mol. The van der Waals surface area contributed by atoms with E-state index in [1.807, 2.05) is 6.08 Å². The van der Waals surface area contributed by atoms with Crippen LogP contribution in [0.2, 0.25) is 0 Å². The van der Waals surface area contributed by atoms with Crippen LogP contribution in [0.1, 0.15) is 12.8 Å². The summed E-state index contributed by atoms with van der Waals surface area (Å²) in [6, 6.07) is 0. The molecule has 1 N–H and O–H groups in total. The van der Waals surface area contributed by atoms with Gasteiger partial charge in [-0.25, -0.2) is 0 Å². The van der Waals surface area contributed by atoms with Gasteiger partial charge in [-0.2, -0.15) is 0 Å². The van der Waals surface area contributed by atoms with Crippen LogP contribution in [0.3, 0.4) is 0 Å². The number of aliphatic hydroxyl groups excluding tert-OH is 1. The summed E-state index contributed by atoms with van der Waals surface area (Å²) in [5.41, 5.74) is 0.872. The second-order valence-electron chi connectivity index (χ2n) is 2.32. The van der Waals surface area contributed by atoms with E-state index in [1.165, 1.54) is 0 Å². The molecule has 3 heteroatoms. The highest BCUT2D eigenvalue weighted by atomic mass is 127. The lowest BCUT2D eigenvalue weighted by Gasteiger charge is -2.15. The van der Waals surface area contributed by atoms with E-state index in [1.54, 1.807) is 0 Å². The van der Waals surface area contributed by atoms with Gasteiger partial charge in [-0.05, 0) is 12.0 Å². The van der Waals surface area contributed by atoms with E-state index in [-0.39, 0.29) is 5.78 Å². The van der Waals surface area contributed by atoms with Gasteiger partial charge in [0.1, 0.15) is 6.10 Å². The predicted molar refractivity (Wildman–Crippen MR) is 47.2 cm³/mol. The smallest absolute Gasteiger partial charge is 0.165 e. The van der Waals surface area contributed by atoms with Gasteiger partial charge in [0.2, 0.25) is 0 Å². The van der Waals surface area contributed by atoms with E-state index in [0.29, 0.717) is 6.42 Å². The molecule has 10 heavy (non-hydrogen) atoms.